The molecule has 1 atom stereocenters. The third kappa shape index (κ3) is 2.45. The molecular weight excluding hydrogens is 162 g/mol. The van der Waals surface area contributed by atoms with Gasteiger partial charge in [0.2, 0.25) is 5.91 Å². The fourth-order valence-corrected chi connectivity index (χ4v) is 1.76. The highest BCUT2D eigenvalue weighted by molar-refractivity contribution is 5.79. The Morgan fingerprint density at radius 2 is 2.00 bits per heavy atom. The number of amides is 1. The van der Waals surface area contributed by atoms with Crippen molar-refractivity contribution < 1.29 is 4.79 Å². The number of likely N-dealkylation sites (tertiary alicyclic amines) is 1. The van der Waals surface area contributed by atoms with Gasteiger partial charge in [0.1, 0.15) is 0 Å². The Morgan fingerprint density at radius 1 is 1.46 bits per heavy atom. The van der Waals surface area contributed by atoms with Gasteiger partial charge >= 0.3 is 0 Å². The van der Waals surface area contributed by atoms with Crippen molar-refractivity contribution in [2.24, 2.45) is 11.3 Å². The highest BCUT2D eigenvalue weighted by Gasteiger charge is 2.34. The third-order valence-electron chi connectivity index (χ3n) is 3.23. The second-order valence-electron chi connectivity index (χ2n) is 4.57. The lowest BCUT2D eigenvalue weighted by molar-refractivity contribution is -0.135. The molecule has 0 aromatic heterocycles. The van der Waals surface area contributed by atoms with E-state index in [1.807, 2.05) is 18.9 Å². The van der Waals surface area contributed by atoms with Gasteiger partial charge in [-0.1, -0.05) is 28.2 Å². The Kier molecular flexibility index (Phi) is 3.95. The van der Waals surface area contributed by atoms with Gasteiger partial charge in [-0.05, 0) is 18.3 Å². The summed E-state index contributed by atoms with van der Waals surface area (Å²) in [5.41, 5.74) is 0.182. The quantitative estimate of drug-likeness (QED) is 0.568. The zero-order valence-electron chi connectivity index (χ0n) is 8.55. The number of carbonyl (C=O) groups is 1. The van der Waals surface area contributed by atoms with Crippen LogP contribution in [0.5, 0.6) is 0 Å². The van der Waals surface area contributed by atoms with E-state index in [2.05, 4.69) is 13.8 Å². The molecule has 0 N–H and O–H groups in total. The lowest BCUT2D eigenvalue weighted by Gasteiger charge is -2.29. The summed E-state index contributed by atoms with van der Waals surface area (Å²) in [6.07, 6.45) is 2.30. The Bertz CT molecular complexity index is 187. The lowest BCUT2D eigenvalue weighted by atomic mass is 9.77. The van der Waals surface area contributed by atoms with Crippen molar-refractivity contribution in [2.75, 3.05) is 13.6 Å². The largest absolute Gasteiger partial charge is 0.346 e. The first kappa shape index (κ1) is 12.5. The van der Waals surface area contributed by atoms with E-state index in [0.717, 1.165) is 19.4 Å². The van der Waals surface area contributed by atoms with Crippen LogP contribution < -0.4 is 0 Å². The van der Waals surface area contributed by atoms with Gasteiger partial charge in [-0.15, -0.1) is 0 Å². The predicted octanol–water partition coefficient (Wildman–Crippen LogP) is 2.54. The van der Waals surface area contributed by atoms with Crippen LogP contribution in [0.1, 0.15) is 41.0 Å². The third-order valence-corrected chi connectivity index (χ3v) is 3.23. The summed E-state index contributed by atoms with van der Waals surface area (Å²) in [5, 5.41) is 0. The zero-order valence-corrected chi connectivity index (χ0v) is 8.55. The average molecular weight is 185 g/mol. The van der Waals surface area contributed by atoms with Crippen LogP contribution in [0.4, 0.5) is 0 Å². The Morgan fingerprint density at radius 3 is 2.54 bits per heavy atom. The molecule has 1 rings (SSSR count). The highest BCUT2D eigenvalue weighted by Crippen LogP contribution is 2.35. The molecule has 1 heterocycles. The van der Waals surface area contributed by atoms with Crippen LogP contribution >= 0.6 is 0 Å². The van der Waals surface area contributed by atoms with E-state index in [4.69, 9.17) is 0 Å². The van der Waals surface area contributed by atoms with Crippen LogP contribution in [0.2, 0.25) is 0 Å². The molecule has 0 aliphatic carbocycles. The number of carbonyl (C=O) groups excluding carboxylic acids is 1. The first-order valence-electron chi connectivity index (χ1n) is 4.70. The van der Waals surface area contributed by atoms with Crippen molar-refractivity contribution in [1.29, 1.82) is 0 Å². The normalized spacial score (nSPS) is 27.8. The van der Waals surface area contributed by atoms with Gasteiger partial charge in [0.25, 0.3) is 0 Å². The maximum Gasteiger partial charge on any atom is 0.225 e. The molecule has 2 heteroatoms. The summed E-state index contributed by atoms with van der Waals surface area (Å²) in [6.45, 7) is 7.35. The van der Waals surface area contributed by atoms with Gasteiger partial charge in [0.15, 0.2) is 0 Å². The monoisotopic (exact) mass is 185 g/mol. The minimum atomic E-state index is 0. The molecule has 0 unspecified atom stereocenters. The molecule has 0 bridgehead atoms. The summed E-state index contributed by atoms with van der Waals surface area (Å²) in [5.74, 6) is 0.475. The van der Waals surface area contributed by atoms with Gasteiger partial charge < -0.3 is 4.90 Å². The van der Waals surface area contributed by atoms with E-state index in [9.17, 15) is 4.79 Å². The van der Waals surface area contributed by atoms with E-state index in [0.29, 0.717) is 5.91 Å². The first-order valence-corrected chi connectivity index (χ1v) is 4.70. The second kappa shape index (κ2) is 4.12. The number of hydrogen-bond acceptors (Lipinski definition) is 1. The molecule has 1 aliphatic rings. The fourth-order valence-electron chi connectivity index (χ4n) is 1.76. The minimum Gasteiger partial charge on any atom is -0.346 e. The maximum atomic E-state index is 11.7. The SMILES string of the molecule is C.C[C@@H]1C(=O)N(C)CCCC1(C)C. The molecular formula is C11H23NO. The van der Waals surface area contributed by atoms with E-state index >= 15 is 0 Å². The topological polar surface area (TPSA) is 20.3 Å². The maximum absolute atomic E-state index is 11.7. The molecule has 2 nitrogen and oxygen atoms in total. The van der Waals surface area contributed by atoms with Crippen molar-refractivity contribution in [3.05, 3.63) is 0 Å². The number of hydrogen-bond donors (Lipinski definition) is 0. The Balaban J connectivity index is 0.00000144. The van der Waals surface area contributed by atoms with E-state index in [1.165, 1.54) is 0 Å². The Hall–Kier alpha value is -0.530. The van der Waals surface area contributed by atoms with Crippen LogP contribution in [-0.4, -0.2) is 24.4 Å². The average Bonchev–Trinajstić information content (AvgIpc) is 2.06. The minimum absolute atomic E-state index is 0. The molecule has 1 aliphatic heterocycles. The van der Waals surface area contributed by atoms with Gasteiger partial charge in [-0.2, -0.15) is 0 Å². The van der Waals surface area contributed by atoms with Gasteiger partial charge in [0.05, 0.1) is 0 Å². The summed E-state index contributed by atoms with van der Waals surface area (Å²) >= 11 is 0. The smallest absolute Gasteiger partial charge is 0.225 e. The van der Waals surface area contributed by atoms with Crippen molar-refractivity contribution in [1.82, 2.24) is 4.90 Å². The van der Waals surface area contributed by atoms with Gasteiger partial charge in [0, 0.05) is 19.5 Å². The predicted molar refractivity (Wildman–Crippen MR) is 56.5 cm³/mol. The lowest BCUT2D eigenvalue weighted by Crippen LogP contribution is -2.35. The van der Waals surface area contributed by atoms with Crippen LogP contribution in [0.25, 0.3) is 0 Å². The molecule has 0 saturated carbocycles. The summed E-state index contributed by atoms with van der Waals surface area (Å²) in [6, 6.07) is 0. The first-order chi connectivity index (χ1) is 5.45. The summed E-state index contributed by atoms with van der Waals surface area (Å²) in [7, 11) is 1.90. The second-order valence-corrected chi connectivity index (χ2v) is 4.57. The number of rotatable bonds is 0. The standard InChI is InChI=1S/C10H19NO.CH4/c1-8-9(12)11(4)7-5-6-10(8,2)3;/h8H,5-7H2,1-4H3;1H4/t8-;/m1./s1. The van der Waals surface area contributed by atoms with Crippen LogP contribution in [0, 0.1) is 11.3 Å². The van der Waals surface area contributed by atoms with Crippen LogP contribution in [0.15, 0.2) is 0 Å². The summed E-state index contributed by atoms with van der Waals surface area (Å²) < 4.78 is 0. The van der Waals surface area contributed by atoms with Crippen molar-refractivity contribution in [3.63, 3.8) is 0 Å². The number of nitrogens with zero attached hydrogens (tertiary/aromatic N) is 1. The molecule has 1 fully saturated rings. The fraction of sp³-hybridized carbons (Fsp3) is 0.909. The van der Waals surface area contributed by atoms with E-state index < -0.39 is 0 Å². The molecule has 0 aromatic carbocycles. The molecule has 1 amide bonds. The molecule has 13 heavy (non-hydrogen) atoms. The molecule has 0 radical (unpaired) electrons. The van der Waals surface area contributed by atoms with E-state index in [-0.39, 0.29) is 18.8 Å². The molecule has 0 aromatic rings. The van der Waals surface area contributed by atoms with Crippen LogP contribution in [-0.2, 0) is 4.79 Å². The molecule has 0 spiro atoms. The van der Waals surface area contributed by atoms with Crippen molar-refractivity contribution >= 4 is 5.91 Å². The molecule has 78 valence electrons. The zero-order chi connectivity index (χ0) is 9.35. The highest BCUT2D eigenvalue weighted by atomic mass is 16.2. The van der Waals surface area contributed by atoms with Crippen molar-refractivity contribution in [2.45, 2.75) is 41.0 Å². The van der Waals surface area contributed by atoms with Crippen molar-refractivity contribution in [3.8, 4) is 0 Å². The van der Waals surface area contributed by atoms with Gasteiger partial charge in [-0.25, -0.2) is 0 Å². The van der Waals surface area contributed by atoms with Gasteiger partial charge in [-0.3, -0.25) is 4.79 Å². The summed E-state index contributed by atoms with van der Waals surface area (Å²) in [4.78, 5) is 13.5. The van der Waals surface area contributed by atoms with E-state index in [1.54, 1.807) is 0 Å². The van der Waals surface area contributed by atoms with Crippen LogP contribution in [0.3, 0.4) is 0 Å². The Labute approximate surface area is 82.3 Å². The molecule has 1 saturated heterocycles.